The van der Waals surface area contributed by atoms with Gasteiger partial charge >= 0.3 is 6.03 Å². The molecular formula is C16H14FN3O. The summed E-state index contributed by atoms with van der Waals surface area (Å²) in [5.74, 6) is -0.355. The molecule has 0 fully saturated rings. The number of halogens is 1. The number of nitriles is 1. The van der Waals surface area contributed by atoms with Crippen LogP contribution in [0, 0.1) is 17.1 Å². The van der Waals surface area contributed by atoms with E-state index in [1.165, 1.54) is 24.3 Å². The van der Waals surface area contributed by atoms with Gasteiger partial charge in [0.15, 0.2) is 0 Å². The van der Waals surface area contributed by atoms with Crippen molar-refractivity contribution in [2.75, 3.05) is 5.32 Å². The Balaban J connectivity index is 1.95. The molecule has 2 amide bonds. The quantitative estimate of drug-likeness (QED) is 0.904. The summed E-state index contributed by atoms with van der Waals surface area (Å²) in [6.07, 6.45) is 0. The summed E-state index contributed by atoms with van der Waals surface area (Å²) in [4.78, 5) is 11.8. The summed E-state index contributed by atoms with van der Waals surface area (Å²) in [5.41, 5.74) is 1.98. The van der Waals surface area contributed by atoms with Gasteiger partial charge < -0.3 is 10.6 Å². The predicted molar refractivity (Wildman–Crippen MR) is 78.1 cm³/mol. The third-order valence-corrected chi connectivity index (χ3v) is 2.99. The highest BCUT2D eigenvalue weighted by Crippen LogP contribution is 2.14. The van der Waals surface area contributed by atoms with Gasteiger partial charge in [0.2, 0.25) is 0 Å². The molecule has 0 saturated heterocycles. The Kier molecular flexibility index (Phi) is 4.52. The summed E-state index contributed by atoms with van der Waals surface area (Å²) in [6.45, 7) is 1.84. The van der Waals surface area contributed by atoms with Gasteiger partial charge in [-0.15, -0.1) is 0 Å². The number of carbonyl (C=O) groups excluding carboxylic acids is 1. The van der Waals surface area contributed by atoms with E-state index in [1.807, 2.05) is 13.0 Å². The number of amides is 2. The van der Waals surface area contributed by atoms with Crippen molar-refractivity contribution in [3.8, 4) is 6.07 Å². The highest BCUT2D eigenvalue weighted by molar-refractivity contribution is 5.89. The fourth-order valence-corrected chi connectivity index (χ4v) is 1.83. The van der Waals surface area contributed by atoms with Crippen LogP contribution in [-0.2, 0) is 0 Å². The maximum absolute atomic E-state index is 12.8. The molecule has 21 heavy (non-hydrogen) atoms. The summed E-state index contributed by atoms with van der Waals surface area (Å²) in [7, 11) is 0. The molecule has 0 aliphatic rings. The van der Waals surface area contributed by atoms with E-state index in [4.69, 9.17) is 5.26 Å². The van der Waals surface area contributed by atoms with Crippen molar-refractivity contribution in [2.45, 2.75) is 13.0 Å². The first-order valence-corrected chi connectivity index (χ1v) is 6.41. The molecule has 0 aromatic heterocycles. The normalized spacial score (nSPS) is 11.3. The summed E-state index contributed by atoms with van der Waals surface area (Å²) >= 11 is 0. The predicted octanol–water partition coefficient (Wildman–Crippen LogP) is 3.58. The fourth-order valence-electron chi connectivity index (χ4n) is 1.83. The second-order valence-corrected chi connectivity index (χ2v) is 4.56. The summed E-state index contributed by atoms with van der Waals surface area (Å²) in [6, 6.07) is 14.0. The number of urea groups is 1. The van der Waals surface area contributed by atoms with Crippen LogP contribution in [0.4, 0.5) is 14.9 Å². The molecule has 0 aliphatic heterocycles. The zero-order valence-corrected chi connectivity index (χ0v) is 11.4. The number of nitrogens with one attached hydrogen (secondary N) is 2. The van der Waals surface area contributed by atoms with E-state index >= 15 is 0 Å². The molecular weight excluding hydrogens is 269 g/mol. The zero-order valence-electron chi connectivity index (χ0n) is 11.4. The van der Waals surface area contributed by atoms with E-state index in [2.05, 4.69) is 10.6 Å². The lowest BCUT2D eigenvalue weighted by Gasteiger charge is -2.15. The van der Waals surface area contributed by atoms with Crippen molar-refractivity contribution in [1.82, 2.24) is 5.32 Å². The van der Waals surface area contributed by atoms with Crippen LogP contribution in [0.2, 0.25) is 0 Å². The van der Waals surface area contributed by atoms with E-state index in [9.17, 15) is 9.18 Å². The number of benzene rings is 2. The number of anilines is 1. The number of hydrogen-bond acceptors (Lipinski definition) is 2. The minimum absolute atomic E-state index is 0.210. The van der Waals surface area contributed by atoms with Gasteiger partial charge in [-0.05, 0) is 48.9 Å². The van der Waals surface area contributed by atoms with Gasteiger partial charge in [0.05, 0.1) is 17.7 Å². The van der Waals surface area contributed by atoms with Gasteiger partial charge in [-0.25, -0.2) is 9.18 Å². The minimum atomic E-state index is -0.376. The number of carbonyl (C=O) groups is 1. The number of nitrogens with zero attached hydrogens (tertiary/aromatic N) is 1. The molecule has 106 valence electrons. The summed E-state index contributed by atoms with van der Waals surface area (Å²) < 4.78 is 12.8. The molecule has 2 aromatic rings. The first kappa shape index (κ1) is 14.5. The average Bonchev–Trinajstić information content (AvgIpc) is 2.49. The van der Waals surface area contributed by atoms with Gasteiger partial charge in [0.1, 0.15) is 5.82 Å². The van der Waals surface area contributed by atoms with Crippen LogP contribution in [0.1, 0.15) is 24.1 Å². The maximum atomic E-state index is 12.8. The summed E-state index contributed by atoms with van der Waals surface area (Å²) in [5, 5.41) is 14.1. The molecule has 4 nitrogen and oxygen atoms in total. The molecule has 0 saturated carbocycles. The smallest absolute Gasteiger partial charge is 0.319 e. The van der Waals surface area contributed by atoms with Crippen molar-refractivity contribution >= 4 is 11.7 Å². The Labute approximate surface area is 122 Å². The van der Waals surface area contributed by atoms with E-state index in [1.54, 1.807) is 24.3 Å². The van der Waals surface area contributed by atoms with Crippen molar-refractivity contribution in [2.24, 2.45) is 0 Å². The second kappa shape index (κ2) is 6.53. The van der Waals surface area contributed by atoms with Crippen LogP contribution in [0.3, 0.4) is 0 Å². The molecule has 2 rings (SSSR count). The molecule has 0 bridgehead atoms. The van der Waals surface area contributed by atoms with E-state index in [0.29, 0.717) is 11.3 Å². The molecule has 2 N–H and O–H groups in total. The lowest BCUT2D eigenvalue weighted by atomic mass is 10.1. The number of hydrogen-bond donors (Lipinski definition) is 2. The van der Waals surface area contributed by atoms with E-state index in [-0.39, 0.29) is 17.9 Å². The second-order valence-electron chi connectivity index (χ2n) is 4.56. The van der Waals surface area contributed by atoms with Crippen molar-refractivity contribution in [1.29, 1.82) is 5.26 Å². The van der Waals surface area contributed by atoms with E-state index < -0.39 is 0 Å². The highest BCUT2D eigenvalue weighted by atomic mass is 19.1. The van der Waals surface area contributed by atoms with E-state index in [0.717, 1.165) is 5.56 Å². The Hall–Kier alpha value is -2.87. The van der Waals surface area contributed by atoms with Crippen LogP contribution in [0.25, 0.3) is 0 Å². The van der Waals surface area contributed by atoms with Gasteiger partial charge in [-0.1, -0.05) is 12.1 Å². The Bertz CT molecular complexity index is 659. The molecule has 2 aromatic carbocycles. The maximum Gasteiger partial charge on any atom is 0.319 e. The first-order valence-electron chi connectivity index (χ1n) is 6.41. The van der Waals surface area contributed by atoms with Gasteiger partial charge in [-0.2, -0.15) is 5.26 Å². The first-order chi connectivity index (χ1) is 10.1. The SMILES string of the molecule is CC(NC(=O)Nc1ccc(F)cc1)c1ccc(C#N)cc1. The molecule has 0 spiro atoms. The Morgan fingerprint density at radius 2 is 1.76 bits per heavy atom. The third-order valence-electron chi connectivity index (χ3n) is 2.99. The standard InChI is InChI=1S/C16H14FN3O/c1-11(13-4-2-12(10-18)3-5-13)19-16(21)20-15-8-6-14(17)7-9-15/h2-9,11H,1H3,(H2,19,20,21). The fraction of sp³-hybridized carbons (Fsp3) is 0.125. The molecule has 0 aliphatic carbocycles. The highest BCUT2D eigenvalue weighted by Gasteiger charge is 2.09. The average molecular weight is 283 g/mol. The van der Waals surface area contributed by atoms with Gasteiger partial charge in [0, 0.05) is 5.69 Å². The van der Waals surface area contributed by atoms with Crippen molar-refractivity contribution < 1.29 is 9.18 Å². The van der Waals surface area contributed by atoms with Gasteiger partial charge in [0.25, 0.3) is 0 Å². The van der Waals surface area contributed by atoms with Crippen LogP contribution in [0.15, 0.2) is 48.5 Å². The lowest BCUT2D eigenvalue weighted by Crippen LogP contribution is -2.31. The third kappa shape index (κ3) is 4.05. The lowest BCUT2D eigenvalue weighted by molar-refractivity contribution is 0.249. The van der Waals surface area contributed by atoms with Crippen LogP contribution in [-0.4, -0.2) is 6.03 Å². The Morgan fingerprint density at radius 1 is 1.14 bits per heavy atom. The number of rotatable bonds is 3. The van der Waals surface area contributed by atoms with Crippen molar-refractivity contribution in [3.05, 3.63) is 65.5 Å². The van der Waals surface area contributed by atoms with Crippen LogP contribution < -0.4 is 10.6 Å². The molecule has 5 heteroatoms. The molecule has 0 radical (unpaired) electrons. The molecule has 1 atom stereocenters. The van der Waals surface area contributed by atoms with Gasteiger partial charge in [-0.3, -0.25) is 0 Å². The zero-order chi connectivity index (χ0) is 15.2. The minimum Gasteiger partial charge on any atom is -0.331 e. The Morgan fingerprint density at radius 3 is 2.33 bits per heavy atom. The van der Waals surface area contributed by atoms with Crippen molar-refractivity contribution in [3.63, 3.8) is 0 Å². The monoisotopic (exact) mass is 283 g/mol. The molecule has 1 unspecified atom stereocenters. The molecule has 0 heterocycles. The van der Waals surface area contributed by atoms with Crippen LogP contribution in [0.5, 0.6) is 0 Å². The topological polar surface area (TPSA) is 64.9 Å². The largest absolute Gasteiger partial charge is 0.331 e. The van der Waals surface area contributed by atoms with Crippen LogP contribution >= 0.6 is 0 Å².